The van der Waals surface area contributed by atoms with Crippen LogP contribution in [0.2, 0.25) is 0 Å². The van der Waals surface area contributed by atoms with E-state index in [0.29, 0.717) is 17.8 Å². The van der Waals surface area contributed by atoms with Crippen LogP contribution in [0.1, 0.15) is 136 Å². The van der Waals surface area contributed by atoms with Gasteiger partial charge in [0.05, 0.1) is 4.90 Å². The van der Waals surface area contributed by atoms with Crippen LogP contribution in [0.25, 0.3) is 0 Å². The maximum Gasteiger partial charge on any atom is 0.298 e. The molecule has 0 bridgehead atoms. The van der Waals surface area contributed by atoms with E-state index in [-0.39, 0.29) is 22.6 Å². The smallest absolute Gasteiger partial charge is 0.298 e. The number of hydrogen-bond donors (Lipinski definition) is 0. The van der Waals surface area contributed by atoms with Crippen LogP contribution in [0.3, 0.4) is 0 Å². The van der Waals surface area contributed by atoms with E-state index in [0.717, 1.165) is 107 Å². The van der Waals surface area contributed by atoms with Crippen molar-refractivity contribution < 1.29 is 22.5 Å². The summed E-state index contributed by atoms with van der Waals surface area (Å²) in [6, 6.07) is 0. The Kier molecular flexibility index (Phi) is 7.61. The maximum atomic E-state index is 12.9. The summed E-state index contributed by atoms with van der Waals surface area (Å²) in [6.07, 6.45) is 15.5. The molecule has 4 rings (SSSR count). The molecule has 0 spiro atoms. The third-order valence-electron chi connectivity index (χ3n) is 8.24. The fourth-order valence-electron chi connectivity index (χ4n) is 6.85. The summed E-state index contributed by atoms with van der Waals surface area (Å²) in [5.74, 6) is 0.720. The van der Waals surface area contributed by atoms with Crippen LogP contribution in [-0.4, -0.2) is 19.4 Å². The predicted molar refractivity (Wildman–Crippen MR) is 123 cm³/mol. The summed E-state index contributed by atoms with van der Waals surface area (Å²) in [4.78, 5) is 11.6. The molecule has 1 aromatic rings. The molecule has 0 amide bonds. The molecular formula is C26H37O5S-. The molecule has 3 aliphatic rings. The highest BCUT2D eigenvalue weighted by Crippen LogP contribution is 2.52. The van der Waals surface area contributed by atoms with Gasteiger partial charge in [-0.3, -0.25) is 4.79 Å². The van der Waals surface area contributed by atoms with Gasteiger partial charge >= 0.3 is 0 Å². The first-order valence-electron chi connectivity index (χ1n) is 12.7. The highest BCUT2D eigenvalue weighted by atomic mass is 32.2. The summed E-state index contributed by atoms with van der Waals surface area (Å²) in [5.41, 5.74) is 3.22. The van der Waals surface area contributed by atoms with E-state index in [2.05, 4.69) is 0 Å². The largest absolute Gasteiger partial charge is 0.744 e. The molecule has 178 valence electrons. The molecule has 6 heteroatoms. The van der Waals surface area contributed by atoms with Crippen molar-refractivity contribution in [1.82, 2.24) is 0 Å². The lowest BCUT2D eigenvalue weighted by Gasteiger charge is -2.36. The van der Waals surface area contributed by atoms with Crippen LogP contribution in [0, 0.1) is 6.92 Å². The fourth-order valence-corrected chi connectivity index (χ4v) is 7.97. The van der Waals surface area contributed by atoms with Gasteiger partial charge in [0.2, 0.25) is 0 Å². The van der Waals surface area contributed by atoms with Gasteiger partial charge in [-0.05, 0) is 74.3 Å². The molecular weight excluding hydrogens is 424 g/mol. The van der Waals surface area contributed by atoms with Gasteiger partial charge in [-0.15, -0.1) is 0 Å². The zero-order chi connectivity index (χ0) is 22.7. The summed E-state index contributed by atoms with van der Waals surface area (Å²) in [6.45, 7) is 2.40. The average Bonchev–Trinajstić information content (AvgIpc) is 2.80. The van der Waals surface area contributed by atoms with Gasteiger partial charge in [0, 0.05) is 11.1 Å². The standard InChI is InChI=1S/C26H38O5S/c1-18-22(19-11-5-2-6-12-19)25(31-17-27)24(21-15-9-4-10-16-21)26(32(28,29)30)23(18)20-13-7-3-8-14-20/h17,19-21H,2-16H2,1H3,(H,28,29,30)/p-1. The lowest BCUT2D eigenvalue weighted by molar-refractivity contribution is -0.120. The van der Waals surface area contributed by atoms with Crippen molar-refractivity contribution in [2.75, 3.05) is 0 Å². The first kappa shape index (κ1) is 23.7. The van der Waals surface area contributed by atoms with E-state index in [1.165, 1.54) is 6.42 Å². The molecule has 3 saturated carbocycles. The van der Waals surface area contributed by atoms with Crippen LogP contribution in [0.5, 0.6) is 5.75 Å². The molecule has 0 radical (unpaired) electrons. The molecule has 0 unspecified atom stereocenters. The van der Waals surface area contributed by atoms with Gasteiger partial charge in [-0.2, -0.15) is 0 Å². The minimum atomic E-state index is -4.72. The topological polar surface area (TPSA) is 83.5 Å². The predicted octanol–water partition coefficient (Wildman–Crippen LogP) is 6.58. The second-order valence-corrected chi connectivity index (χ2v) is 11.5. The van der Waals surface area contributed by atoms with Crippen LogP contribution < -0.4 is 4.74 Å². The minimum Gasteiger partial charge on any atom is -0.744 e. The van der Waals surface area contributed by atoms with Crippen molar-refractivity contribution >= 4 is 16.6 Å². The van der Waals surface area contributed by atoms with Crippen molar-refractivity contribution in [3.05, 3.63) is 22.3 Å². The van der Waals surface area contributed by atoms with E-state index in [1.54, 1.807) is 0 Å². The Bertz CT molecular complexity index is 918. The fraction of sp³-hybridized carbons (Fsp3) is 0.731. The Morgan fingerprint density at radius 3 is 1.53 bits per heavy atom. The summed E-state index contributed by atoms with van der Waals surface area (Å²) >= 11 is 0. The van der Waals surface area contributed by atoms with E-state index in [1.807, 2.05) is 6.92 Å². The lowest BCUT2D eigenvalue weighted by atomic mass is 9.73. The molecule has 3 aliphatic carbocycles. The third kappa shape index (κ3) is 4.77. The molecule has 0 saturated heterocycles. The molecule has 0 aromatic heterocycles. The third-order valence-corrected chi connectivity index (χ3v) is 9.18. The van der Waals surface area contributed by atoms with Crippen molar-refractivity contribution in [3.8, 4) is 5.75 Å². The van der Waals surface area contributed by atoms with Crippen LogP contribution >= 0.6 is 0 Å². The van der Waals surface area contributed by atoms with Gasteiger partial charge in [0.25, 0.3) is 6.47 Å². The number of rotatable bonds is 6. The molecule has 1 aromatic carbocycles. The van der Waals surface area contributed by atoms with Crippen LogP contribution in [-0.2, 0) is 14.9 Å². The lowest BCUT2D eigenvalue weighted by Crippen LogP contribution is -2.22. The highest BCUT2D eigenvalue weighted by Gasteiger charge is 2.36. The van der Waals surface area contributed by atoms with Gasteiger partial charge in [0.1, 0.15) is 15.9 Å². The molecule has 3 fully saturated rings. The molecule has 5 nitrogen and oxygen atoms in total. The molecule has 0 N–H and O–H groups in total. The monoisotopic (exact) mass is 461 g/mol. The van der Waals surface area contributed by atoms with E-state index in [9.17, 15) is 17.8 Å². The van der Waals surface area contributed by atoms with Gasteiger partial charge in [-0.1, -0.05) is 57.8 Å². The van der Waals surface area contributed by atoms with E-state index >= 15 is 0 Å². The highest BCUT2D eigenvalue weighted by molar-refractivity contribution is 7.85. The molecule has 32 heavy (non-hydrogen) atoms. The summed E-state index contributed by atoms with van der Waals surface area (Å²) in [5, 5.41) is 0. The van der Waals surface area contributed by atoms with Crippen molar-refractivity contribution in [1.29, 1.82) is 0 Å². The maximum absolute atomic E-state index is 12.9. The number of carbonyl (C=O) groups excluding carboxylic acids is 1. The number of benzene rings is 1. The summed E-state index contributed by atoms with van der Waals surface area (Å²) in [7, 11) is -4.72. The first-order chi connectivity index (χ1) is 15.4. The van der Waals surface area contributed by atoms with Gasteiger partial charge < -0.3 is 9.29 Å². The van der Waals surface area contributed by atoms with Gasteiger partial charge in [0.15, 0.2) is 0 Å². The minimum absolute atomic E-state index is 0.0368. The molecule has 0 atom stereocenters. The second kappa shape index (κ2) is 10.3. The van der Waals surface area contributed by atoms with Crippen molar-refractivity contribution in [2.24, 2.45) is 0 Å². The average molecular weight is 462 g/mol. The quantitative estimate of drug-likeness (QED) is 0.353. The SMILES string of the molecule is Cc1c(C2CCCCC2)c(OC=O)c(C2CCCCC2)c(S(=O)(=O)[O-])c1C1CCCCC1. The van der Waals surface area contributed by atoms with Crippen molar-refractivity contribution in [2.45, 2.75) is 126 Å². The second-order valence-electron chi connectivity index (χ2n) is 10.2. The zero-order valence-corrected chi connectivity index (χ0v) is 20.2. The van der Waals surface area contributed by atoms with Crippen molar-refractivity contribution in [3.63, 3.8) is 0 Å². The van der Waals surface area contributed by atoms with E-state index in [4.69, 9.17) is 4.74 Å². The van der Waals surface area contributed by atoms with Crippen LogP contribution in [0.4, 0.5) is 0 Å². The molecule has 0 heterocycles. The number of carbonyl (C=O) groups is 1. The Morgan fingerprint density at radius 1 is 0.719 bits per heavy atom. The first-order valence-corrected chi connectivity index (χ1v) is 14.1. The van der Waals surface area contributed by atoms with Gasteiger partial charge in [-0.25, -0.2) is 8.42 Å². The molecule has 0 aliphatic heterocycles. The number of ether oxygens (including phenoxy) is 1. The normalized spacial score (nSPS) is 22.1. The Morgan fingerprint density at radius 2 is 1.12 bits per heavy atom. The van der Waals surface area contributed by atoms with Crippen LogP contribution in [0.15, 0.2) is 4.90 Å². The zero-order valence-electron chi connectivity index (χ0n) is 19.4. The Hall–Kier alpha value is -1.40. The number of hydrogen-bond acceptors (Lipinski definition) is 5. The van der Waals surface area contributed by atoms with E-state index < -0.39 is 10.1 Å². The summed E-state index contributed by atoms with van der Waals surface area (Å²) < 4.78 is 44.2. The Labute approximate surface area is 193 Å². The Balaban J connectivity index is 2.04.